The normalized spacial score (nSPS) is 22.1. The fourth-order valence-electron chi connectivity index (χ4n) is 2.55. The minimum atomic E-state index is -0.511. The van der Waals surface area contributed by atoms with Crippen molar-refractivity contribution in [2.45, 2.75) is 18.6 Å². The average molecular weight is 246 g/mol. The van der Waals surface area contributed by atoms with Crippen molar-refractivity contribution in [3.05, 3.63) is 17.8 Å². The standard InChI is InChI=1S/C12H14N4O2/c13-8-10-2-4-14-15-11(10)16-5-1-3-12(9-16)17-6-7-18-12/h2,4H,1,3,5-7,9H2. The average Bonchev–Trinajstić information content (AvgIpc) is 2.86. The maximum absolute atomic E-state index is 9.10. The van der Waals surface area contributed by atoms with Crippen molar-refractivity contribution in [3.63, 3.8) is 0 Å². The topological polar surface area (TPSA) is 71.3 Å². The van der Waals surface area contributed by atoms with Gasteiger partial charge in [-0.05, 0) is 12.5 Å². The maximum Gasteiger partial charge on any atom is 0.186 e. The van der Waals surface area contributed by atoms with Gasteiger partial charge < -0.3 is 14.4 Å². The molecule has 6 nitrogen and oxygen atoms in total. The van der Waals surface area contributed by atoms with Crippen LogP contribution in [0.5, 0.6) is 0 Å². The molecule has 0 unspecified atom stereocenters. The second-order valence-corrected chi connectivity index (χ2v) is 4.51. The maximum atomic E-state index is 9.10. The molecule has 1 aromatic rings. The Hall–Kier alpha value is -1.71. The molecular formula is C12H14N4O2. The molecule has 1 spiro atoms. The Kier molecular flexibility index (Phi) is 2.86. The quantitative estimate of drug-likeness (QED) is 0.726. The summed E-state index contributed by atoms with van der Waals surface area (Å²) in [5, 5.41) is 17.0. The van der Waals surface area contributed by atoms with E-state index in [9.17, 15) is 0 Å². The van der Waals surface area contributed by atoms with E-state index in [4.69, 9.17) is 14.7 Å². The van der Waals surface area contributed by atoms with Gasteiger partial charge in [-0.2, -0.15) is 10.4 Å². The van der Waals surface area contributed by atoms with Crippen molar-refractivity contribution in [2.24, 2.45) is 0 Å². The van der Waals surface area contributed by atoms with Gasteiger partial charge in [-0.15, -0.1) is 5.10 Å². The lowest BCUT2D eigenvalue weighted by Crippen LogP contribution is -2.49. The molecule has 0 aromatic carbocycles. The molecule has 0 saturated carbocycles. The number of anilines is 1. The van der Waals surface area contributed by atoms with E-state index < -0.39 is 5.79 Å². The first-order chi connectivity index (χ1) is 8.83. The number of aromatic nitrogens is 2. The third kappa shape index (κ3) is 1.92. The van der Waals surface area contributed by atoms with Gasteiger partial charge in [0.05, 0.1) is 31.5 Å². The second-order valence-electron chi connectivity index (χ2n) is 4.51. The van der Waals surface area contributed by atoms with E-state index in [1.165, 1.54) is 6.20 Å². The number of nitriles is 1. The molecule has 0 atom stereocenters. The predicted octanol–water partition coefficient (Wildman–Crippen LogP) is 0.692. The fraction of sp³-hybridized carbons (Fsp3) is 0.583. The Balaban J connectivity index is 1.86. The van der Waals surface area contributed by atoms with Gasteiger partial charge in [-0.25, -0.2) is 0 Å². The largest absolute Gasteiger partial charge is 0.349 e. The summed E-state index contributed by atoms with van der Waals surface area (Å²) < 4.78 is 11.4. The van der Waals surface area contributed by atoms with Crippen LogP contribution in [0.25, 0.3) is 0 Å². The summed E-state index contributed by atoms with van der Waals surface area (Å²) >= 11 is 0. The minimum Gasteiger partial charge on any atom is -0.349 e. The fourth-order valence-corrected chi connectivity index (χ4v) is 2.55. The molecule has 0 amide bonds. The molecule has 1 aromatic heterocycles. The van der Waals surface area contributed by atoms with Crippen molar-refractivity contribution >= 4 is 5.82 Å². The van der Waals surface area contributed by atoms with Crippen molar-refractivity contribution in [1.82, 2.24) is 10.2 Å². The molecule has 0 aliphatic carbocycles. The Morgan fingerprint density at radius 1 is 1.39 bits per heavy atom. The smallest absolute Gasteiger partial charge is 0.186 e. The van der Waals surface area contributed by atoms with Gasteiger partial charge in [-0.3, -0.25) is 0 Å². The second kappa shape index (κ2) is 4.52. The lowest BCUT2D eigenvalue weighted by atomic mass is 10.0. The number of rotatable bonds is 1. The molecular weight excluding hydrogens is 232 g/mol. The molecule has 6 heteroatoms. The highest BCUT2D eigenvalue weighted by molar-refractivity contribution is 5.53. The molecule has 3 rings (SSSR count). The van der Waals surface area contributed by atoms with Crippen LogP contribution in [-0.4, -0.2) is 42.3 Å². The van der Waals surface area contributed by atoms with Gasteiger partial charge in [0.1, 0.15) is 6.07 Å². The van der Waals surface area contributed by atoms with Gasteiger partial charge in [0.15, 0.2) is 11.6 Å². The zero-order chi connectivity index (χ0) is 12.4. The number of nitrogens with zero attached hydrogens (tertiary/aromatic N) is 4. The van der Waals surface area contributed by atoms with Crippen LogP contribution >= 0.6 is 0 Å². The predicted molar refractivity (Wildman–Crippen MR) is 62.8 cm³/mol. The molecule has 2 aliphatic heterocycles. The number of hydrogen-bond donors (Lipinski definition) is 0. The Morgan fingerprint density at radius 2 is 2.22 bits per heavy atom. The zero-order valence-corrected chi connectivity index (χ0v) is 10.0. The molecule has 3 heterocycles. The molecule has 2 fully saturated rings. The highest BCUT2D eigenvalue weighted by atomic mass is 16.7. The van der Waals surface area contributed by atoms with Gasteiger partial charge >= 0.3 is 0 Å². The van der Waals surface area contributed by atoms with Gasteiger partial charge in [0, 0.05) is 13.0 Å². The van der Waals surface area contributed by atoms with Crippen molar-refractivity contribution in [1.29, 1.82) is 5.26 Å². The number of piperidine rings is 1. The Bertz CT molecular complexity index is 479. The number of ether oxygens (including phenoxy) is 2. The van der Waals surface area contributed by atoms with Crippen LogP contribution in [0, 0.1) is 11.3 Å². The summed E-state index contributed by atoms with van der Waals surface area (Å²) in [6, 6.07) is 3.83. The van der Waals surface area contributed by atoms with E-state index in [2.05, 4.69) is 16.3 Å². The Labute approximate surface area is 105 Å². The van der Waals surface area contributed by atoms with Crippen molar-refractivity contribution < 1.29 is 9.47 Å². The van der Waals surface area contributed by atoms with E-state index in [1.807, 2.05) is 4.90 Å². The summed E-state index contributed by atoms with van der Waals surface area (Å²) in [7, 11) is 0. The van der Waals surface area contributed by atoms with E-state index in [0.29, 0.717) is 31.1 Å². The highest BCUT2D eigenvalue weighted by Gasteiger charge is 2.41. The molecule has 0 radical (unpaired) electrons. The first-order valence-corrected chi connectivity index (χ1v) is 6.08. The summed E-state index contributed by atoms with van der Waals surface area (Å²) in [6.45, 7) is 2.74. The van der Waals surface area contributed by atoms with Gasteiger partial charge in [0.2, 0.25) is 0 Å². The monoisotopic (exact) mass is 246 g/mol. The summed E-state index contributed by atoms with van der Waals surface area (Å²) in [5.41, 5.74) is 0.542. The minimum absolute atomic E-state index is 0.511. The first kappa shape index (κ1) is 11.4. The van der Waals surface area contributed by atoms with Gasteiger partial charge in [-0.1, -0.05) is 0 Å². The first-order valence-electron chi connectivity index (χ1n) is 6.08. The number of hydrogen-bond acceptors (Lipinski definition) is 6. The van der Waals surface area contributed by atoms with E-state index in [1.54, 1.807) is 6.07 Å². The Morgan fingerprint density at radius 3 is 3.00 bits per heavy atom. The van der Waals surface area contributed by atoms with Crippen LogP contribution in [-0.2, 0) is 9.47 Å². The molecule has 94 valence electrons. The van der Waals surface area contributed by atoms with Crippen LogP contribution in [0.4, 0.5) is 5.82 Å². The summed E-state index contributed by atoms with van der Waals surface area (Å²) in [6.07, 6.45) is 3.39. The van der Waals surface area contributed by atoms with Crippen molar-refractivity contribution in [2.75, 3.05) is 31.2 Å². The molecule has 0 N–H and O–H groups in total. The van der Waals surface area contributed by atoms with Gasteiger partial charge in [0.25, 0.3) is 0 Å². The third-order valence-electron chi connectivity index (χ3n) is 3.35. The van der Waals surface area contributed by atoms with E-state index >= 15 is 0 Å². The van der Waals surface area contributed by atoms with E-state index in [-0.39, 0.29) is 0 Å². The third-order valence-corrected chi connectivity index (χ3v) is 3.35. The highest BCUT2D eigenvalue weighted by Crippen LogP contribution is 2.32. The van der Waals surface area contributed by atoms with Crippen LogP contribution < -0.4 is 4.90 Å². The molecule has 2 aliphatic rings. The lowest BCUT2D eigenvalue weighted by Gasteiger charge is -2.39. The lowest BCUT2D eigenvalue weighted by molar-refractivity contribution is -0.161. The van der Waals surface area contributed by atoms with Crippen LogP contribution in [0.1, 0.15) is 18.4 Å². The van der Waals surface area contributed by atoms with Crippen LogP contribution in [0.2, 0.25) is 0 Å². The van der Waals surface area contributed by atoms with Crippen LogP contribution in [0.3, 0.4) is 0 Å². The summed E-state index contributed by atoms with van der Waals surface area (Å²) in [5.74, 6) is 0.112. The summed E-state index contributed by atoms with van der Waals surface area (Å²) in [4.78, 5) is 2.03. The zero-order valence-electron chi connectivity index (χ0n) is 10.0. The van der Waals surface area contributed by atoms with Crippen LogP contribution in [0.15, 0.2) is 12.3 Å². The van der Waals surface area contributed by atoms with Crippen molar-refractivity contribution in [3.8, 4) is 6.07 Å². The molecule has 0 bridgehead atoms. The SMILES string of the molecule is N#Cc1ccnnc1N1CCCC2(C1)OCCO2. The molecule has 2 saturated heterocycles. The van der Waals surface area contributed by atoms with E-state index in [0.717, 1.165) is 19.4 Å². The molecule has 18 heavy (non-hydrogen) atoms.